The van der Waals surface area contributed by atoms with Crippen LogP contribution >= 0.6 is 12.2 Å². The fourth-order valence-corrected chi connectivity index (χ4v) is 1.82. The van der Waals surface area contributed by atoms with Gasteiger partial charge in [0.1, 0.15) is 16.6 Å². The normalized spacial score (nSPS) is 11.9. The van der Waals surface area contributed by atoms with E-state index in [1.165, 1.54) is 12.1 Å². The average Bonchev–Trinajstić information content (AvgIpc) is 2.39. The van der Waals surface area contributed by atoms with Crippen LogP contribution in [-0.4, -0.2) is 9.97 Å². The lowest BCUT2D eigenvalue weighted by Crippen LogP contribution is -2.14. The van der Waals surface area contributed by atoms with Crippen molar-refractivity contribution in [2.45, 2.75) is 13.0 Å². The maximum atomic E-state index is 12.9. The number of hydrogen-bond donors (Lipinski definition) is 2. The van der Waals surface area contributed by atoms with Gasteiger partial charge in [0.2, 0.25) is 0 Å². The minimum absolute atomic E-state index is 0.00898. The zero-order chi connectivity index (χ0) is 13.8. The lowest BCUT2D eigenvalue weighted by atomic mass is 10.1. The third-order valence-electron chi connectivity index (χ3n) is 2.74. The maximum absolute atomic E-state index is 12.9. The Hall–Kier alpha value is -2.01. The topological polar surface area (TPSA) is 50.9 Å². The molecule has 0 fully saturated rings. The molecule has 0 spiro atoms. The molecule has 2 rings (SSSR count). The van der Waals surface area contributed by atoms with Gasteiger partial charge in [0, 0.05) is 6.04 Å². The minimum atomic E-state index is -0.246. The number of pyridine rings is 1. The molecule has 98 valence electrons. The van der Waals surface area contributed by atoms with E-state index < -0.39 is 0 Å². The van der Waals surface area contributed by atoms with E-state index >= 15 is 0 Å². The van der Waals surface area contributed by atoms with Crippen LogP contribution < -0.4 is 11.1 Å². The first-order valence-electron chi connectivity index (χ1n) is 5.85. The van der Waals surface area contributed by atoms with Crippen molar-refractivity contribution in [3.8, 4) is 0 Å². The average molecular weight is 275 g/mol. The summed E-state index contributed by atoms with van der Waals surface area (Å²) in [5.74, 6) is 0.437. The highest BCUT2D eigenvalue weighted by Crippen LogP contribution is 2.18. The predicted molar refractivity (Wildman–Crippen MR) is 78.6 cm³/mol. The van der Waals surface area contributed by atoms with Gasteiger partial charge in [-0.15, -0.1) is 0 Å². The highest BCUT2D eigenvalue weighted by atomic mass is 32.1. The molecule has 19 heavy (non-hydrogen) atoms. The van der Waals surface area contributed by atoms with Crippen LogP contribution in [0, 0.1) is 5.82 Å². The number of nitrogens with zero attached hydrogens (tertiary/aromatic N) is 1. The van der Waals surface area contributed by atoms with E-state index in [1.54, 1.807) is 18.2 Å². The van der Waals surface area contributed by atoms with Crippen LogP contribution in [0.15, 0.2) is 42.5 Å². The highest BCUT2D eigenvalue weighted by molar-refractivity contribution is 7.80. The Morgan fingerprint density at radius 3 is 2.58 bits per heavy atom. The molecule has 1 aromatic heterocycles. The summed E-state index contributed by atoms with van der Waals surface area (Å²) in [6.07, 6.45) is 0. The van der Waals surface area contributed by atoms with Crippen molar-refractivity contribution in [3.05, 3.63) is 59.5 Å². The summed E-state index contributed by atoms with van der Waals surface area (Å²) >= 11 is 4.89. The Morgan fingerprint density at radius 1 is 1.26 bits per heavy atom. The molecule has 5 heteroatoms. The Morgan fingerprint density at radius 2 is 1.95 bits per heavy atom. The Labute approximate surface area is 116 Å². The number of benzene rings is 1. The number of aromatic nitrogens is 1. The first-order valence-corrected chi connectivity index (χ1v) is 6.26. The standard InChI is InChI=1S/C14H14FN3S/c1-9(10-5-7-11(15)8-6-10)17-13-4-2-3-12(18-13)14(16)19/h2-9H,1H3,(H2,16,19)(H,17,18). The monoisotopic (exact) mass is 275 g/mol. The second kappa shape index (κ2) is 5.75. The van der Waals surface area contributed by atoms with Crippen molar-refractivity contribution in [1.82, 2.24) is 4.98 Å². The zero-order valence-electron chi connectivity index (χ0n) is 10.4. The summed E-state index contributed by atoms with van der Waals surface area (Å²) in [5, 5.41) is 3.22. The Kier molecular flexibility index (Phi) is 4.06. The van der Waals surface area contributed by atoms with Crippen molar-refractivity contribution in [2.24, 2.45) is 5.73 Å². The second-order valence-electron chi connectivity index (χ2n) is 4.19. The zero-order valence-corrected chi connectivity index (χ0v) is 11.2. The predicted octanol–water partition coefficient (Wildman–Crippen LogP) is 3.03. The van der Waals surface area contributed by atoms with Gasteiger partial charge in [-0.1, -0.05) is 30.4 Å². The molecule has 2 aromatic rings. The van der Waals surface area contributed by atoms with Gasteiger partial charge >= 0.3 is 0 Å². The molecule has 1 aromatic carbocycles. The maximum Gasteiger partial charge on any atom is 0.127 e. The van der Waals surface area contributed by atoms with Crippen molar-refractivity contribution < 1.29 is 4.39 Å². The summed E-state index contributed by atoms with van der Waals surface area (Å²) in [5.41, 5.74) is 7.09. The van der Waals surface area contributed by atoms with Crippen LogP contribution in [-0.2, 0) is 0 Å². The first-order chi connectivity index (χ1) is 9.06. The number of anilines is 1. The van der Waals surface area contributed by atoms with Gasteiger partial charge in [0.25, 0.3) is 0 Å². The van der Waals surface area contributed by atoms with Gasteiger partial charge in [-0.3, -0.25) is 0 Å². The number of thiocarbonyl (C=S) groups is 1. The third kappa shape index (κ3) is 3.48. The van der Waals surface area contributed by atoms with E-state index in [9.17, 15) is 4.39 Å². The molecule has 3 N–H and O–H groups in total. The molecular formula is C14H14FN3S. The van der Waals surface area contributed by atoms with Crippen molar-refractivity contribution in [2.75, 3.05) is 5.32 Å². The van der Waals surface area contributed by atoms with E-state index in [-0.39, 0.29) is 16.8 Å². The summed E-state index contributed by atoms with van der Waals surface area (Å²) in [6.45, 7) is 1.97. The van der Waals surface area contributed by atoms with Crippen molar-refractivity contribution >= 4 is 23.0 Å². The van der Waals surface area contributed by atoms with Gasteiger partial charge in [-0.25, -0.2) is 9.37 Å². The fraction of sp³-hybridized carbons (Fsp3) is 0.143. The summed E-state index contributed by atoms with van der Waals surface area (Å²) < 4.78 is 12.9. The van der Waals surface area contributed by atoms with Gasteiger partial charge in [-0.05, 0) is 36.8 Å². The molecule has 0 aliphatic rings. The van der Waals surface area contributed by atoms with E-state index in [2.05, 4.69) is 10.3 Å². The van der Waals surface area contributed by atoms with Crippen LogP contribution in [0.4, 0.5) is 10.2 Å². The molecule has 0 aliphatic carbocycles. The van der Waals surface area contributed by atoms with Crippen molar-refractivity contribution in [1.29, 1.82) is 0 Å². The third-order valence-corrected chi connectivity index (χ3v) is 2.95. The molecule has 1 atom stereocenters. The SMILES string of the molecule is CC(Nc1cccc(C(N)=S)n1)c1ccc(F)cc1. The van der Waals surface area contributed by atoms with Gasteiger partial charge in [0.05, 0.1) is 5.69 Å². The summed E-state index contributed by atoms with van der Waals surface area (Å²) in [6, 6.07) is 11.8. The lowest BCUT2D eigenvalue weighted by Gasteiger charge is -2.15. The second-order valence-corrected chi connectivity index (χ2v) is 4.63. The highest BCUT2D eigenvalue weighted by Gasteiger charge is 2.07. The van der Waals surface area contributed by atoms with Crippen LogP contribution in [0.3, 0.4) is 0 Å². The van der Waals surface area contributed by atoms with Gasteiger partial charge in [0.15, 0.2) is 0 Å². The number of nitrogens with one attached hydrogen (secondary N) is 1. The molecule has 0 amide bonds. The Bertz CT molecular complexity index is 583. The van der Waals surface area contributed by atoms with Crippen LogP contribution in [0.1, 0.15) is 24.2 Å². The molecule has 0 radical (unpaired) electrons. The van der Waals surface area contributed by atoms with Gasteiger partial charge < -0.3 is 11.1 Å². The van der Waals surface area contributed by atoms with Crippen LogP contribution in [0.5, 0.6) is 0 Å². The van der Waals surface area contributed by atoms with Crippen LogP contribution in [0.2, 0.25) is 0 Å². The largest absolute Gasteiger partial charge is 0.388 e. The molecule has 0 saturated carbocycles. The smallest absolute Gasteiger partial charge is 0.127 e. The number of nitrogens with two attached hydrogens (primary N) is 1. The number of rotatable bonds is 4. The lowest BCUT2D eigenvalue weighted by molar-refractivity contribution is 0.626. The first kappa shape index (κ1) is 13.4. The molecule has 1 heterocycles. The van der Waals surface area contributed by atoms with E-state index in [1.807, 2.05) is 19.1 Å². The number of halogens is 1. The summed E-state index contributed by atoms with van der Waals surface area (Å²) in [7, 11) is 0. The fourth-order valence-electron chi connectivity index (χ4n) is 1.71. The molecular weight excluding hydrogens is 261 g/mol. The van der Waals surface area contributed by atoms with Gasteiger partial charge in [-0.2, -0.15) is 0 Å². The molecule has 0 saturated heterocycles. The van der Waals surface area contributed by atoms with E-state index in [4.69, 9.17) is 18.0 Å². The quantitative estimate of drug-likeness (QED) is 0.842. The van der Waals surface area contributed by atoms with E-state index in [0.717, 1.165) is 5.56 Å². The molecule has 0 aliphatic heterocycles. The van der Waals surface area contributed by atoms with Crippen molar-refractivity contribution in [3.63, 3.8) is 0 Å². The Balaban J connectivity index is 2.14. The van der Waals surface area contributed by atoms with E-state index in [0.29, 0.717) is 11.5 Å². The molecule has 0 bridgehead atoms. The van der Waals surface area contributed by atoms with Crippen LogP contribution in [0.25, 0.3) is 0 Å². The molecule has 1 unspecified atom stereocenters. The molecule has 3 nitrogen and oxygen atoms in total. The minimum Gasteiger partial charge on any atom is -0.388 e. The summed E-state index contributed by atoms with van der Waals surface area (Å²) in [4.78, 5) is 4.57. The number of hydrogen-bond acceptors (Lipinski definition) is 3.